The van der Waals surface area contributed by atoms with Crippen molar-refractivity contribution in [3.8, 4) is 5.75 Å². The topological polar surface area (TPSA) is 61.8 Å². The van der Waals surface area contributed by atoms with Crippen LogP contribution in [0, 0.1) is 5.92 Å². The van der Waals surface area contributed by atoms with Crippen molar-refractivity contribution in [1.82, 2.24) is 0 Å². The fourth-order valence-electron chi connectivity index (χ4n) is 3.70. The van der Waals surface area contributed by atoms with Gasteiger partial charge in [0.25, 0.3) is 0 Å². The summed E-state index contributed by atoms with van der Waals surface area (Å²) < 4.78 is 74.2. The largest absolute Gasteiger partial charge is 0.534 e. The summed E-state index contributed by atoms with van der Waals surface area (Å²) in [6.07, 6.45) is 6.07. The van der Waals surface area contributed by atoms with Gasteiger partial charge in [-0.2, -0.15) is 21.6 Å². The zero-order valence-electron chi connectivity index (χ0n) is 14.8. The summed E-state index contributed by atoms with van der Waals surface area (Å²) >= 11 is 0. The molecule has 2 fully saturated rings. The molecule has 0 amide bonds. The highest BCUT2D eigenvalue weighted by Crippen LogP contribution is 2.38. The standard InChI is InChI=1S/C18H23F3O5S/c19-18(20,21)27(22,23)26-16-8-6-15(7-9-16)14-4-1-13(2-5-14)3-10-17-24-11-12-25-17/h6-9,13-14,17H,1-5,10-12H2/t13-,14-. The van der Waals surface area contributed by atoms with Crippen LogP contribution in [0.15, 0.2) is 24.3 Å². The van der Waals surface area contributed by atoms with Crippen molar-refractivity contribution in [1.29, 1.82) is 0 Å². The molecule has 0 unspecified atom stereocenters. The summed E-state index contributed by atoms with van der Waals surface area (Å²) in [4.78, 5) is 0. The van der Waals surface area contributed by atoms with E-state index >= 15 is 0 Å². The number of rotatable bonds is 6. The first kappa shape index (κ1) is 20.4. The van der Waals surface area contributed by atoms with E-state index in [1.54, 1.807) is 12.1 Å². The van der Waals surface area contributed by atoms with Crippen LogP contribution in [0.4, 0.5) is 13.2 Å². The van der Waals surface area contributed by atoms with E-state index < -0.39 is 15.6 Å². The molecule has 1 heterocycles. The lowest BCUT2D eigenvalue weighted by Gasteiger charge is -2.29. The summed E-state index contributed by atoms with van der Waals surface area (Å²) in [5.41, 5.74) is -4.44. The van der Waals surface area contributed by atoms with Crippen molar-refractivity contribution in [2.45, 2.75) is 56.2 Å². The van der Waals surface area contributed by atoms with Gasteiger partial charge in [0.15, 0.2) is 6.29 Å². The minimum absolute atomic E-state index is 0.0664. The van der Waals surface area contributed by atoms with Crippen LogP contribution < -0.4 is 4.18 Å². The first-order chi connectivity index (χ1) is 12.7. The van der Waals surface area contributed by atoms with E-state index in [4.69, 9.17) is 9.47 Å². The van der Waals surface area contributed by atoms with Gasteiger partial charge >= 0.3 is 15.6 Å². The Hall–Kier alpha value is -1.32. The SMILES string of the molecule is O=S(=O)(Oc1ccc([C@H]2CC[C@H](CCC3OCCO3)CC2)cc1)C(F)(F)F. The van der Waals surface area contributed by atoms with Crippen molar-refractivity contribution in [3.63, 3.8) is 0 Å². The number of halogens is 3. The molecule has 9 heteroatoms. The van der Waals surface area contributed by atoms with E-state index in [9.17, 15) is 21.6 Å². The molecule has 0 radical (unpaired) electrons. The van der Waals surface area contributed by atoms with Gasteiger partial charge in [-0.15, -0.1) is 0 Å². The van der Waals surface area contributed by atoms with Crippen molar-refractivity contribution >= 4 is 10.1 Å². The molecule has 2 aliphatic rings. The van der Waals surface area contributed by atoms with Crippen molar-refractivity contribution in [3.05, 3.63) is 29.8 Å². The molecule has 152 valence electrons. The molecule has 0 bridgehead atoms. The molecule has 1 aromatic carbocycles. The number of ether oxygens (including phenoxy) is 2. The van der Waals surface area contributed by atoms with Crippen molar-refractivity contribution in [2.75, 3.05) is 13.2 Å². The normalized spacial score (nSPS) is 24.9. The number of hydrogen-bond donors (Lipinski definition) is 0. The van der Waals surface area contributed by atoms with Crippen LogP contribution in [0.3, 0.4) is 0 Å². The second kappa shape index (κ2) is 8.36. The van der Waals surface area contributed by atoms with Gasteiger partial charge in [-0.1, -0.05) is 12.1 Å². The number of hydrogen-bond acceptors (Lipinski definition) is 5. The van der Waals surface area contributed by atoms with Gasteiger partial charge in [-0.25, -0.2) is 0 Å². The van der Waals surface area contributed by atoms with E-state index in [-0.39, 0.29) is 12.0 Å². The number of benzene rings is 1. The second-order valence-electron chi connectivity index (χ2n) is 7.02. The zero-order valence-corrected chi connectivity index (χ0v) is 15.6. The summed E-state index contributed by atoms with van der Waals surface area (Å²) in [6, 6.07) is 5.85. The molecule has 0 spiro atoms. The molecular formula is C18H23F3O5S. The van der Waals surface area contributed by atoms with Crippen LogP contribution in [0.5, 0.6) is 5.75 Å². The lowest BCUT2D eigenvalue weighted by atomic mass is 9.77. The molecule has 0 aromatic heterocycles. The highest BCUT2D eigenvalue weighted by Gasteiger charge is 2.48. The summed E-state index contributed by atoms with van der Waals surface area (Å²) in [5, 5.41) is 0. The molecule has 5 nitrogen and oxygen atoms in total. The molecule has 1 aliphatic carbocycles. The predicted molar refractivity (Wildman–Crippen MR) is 91.7 cm³/mol. The van der Waals surface area contributed by atoms with E-state index in [2.05, 4.69) is 4.18 Å². The quantitative estimate of drug-likeness (QED) is 0.518. The van der Waals surface area contributed by atoms with Gasteiger partial charge in [0.1, 0.15) is 5.75 Å². The summed E-state index contributed by atoms with van der Waals surface area (Å²) in [7, 11) is -5.63. The Morgan fingerprint density at radius 3 is 2.11 bits per heavy atom. The van der Waals surface area contributed by atoms with Gasteiger partial charge in [0, 0.05) is 0 Å². The maximum absolute atomic E-state index is 12.4. The minimum atomic E-state index is -5.63. The third-order valence-corrected chi connectivity index (χ3v) is 6.17. The molecule has 3 rings (SSSR count). The highest BCUT2D eigenvalue weighted by atomic mass is 32.2. The summed E-state index contributed by atoms with van der Waals surface area (Å²) in [5.74, 6) is 0.628. The van der Waals surface area contributed by atoms with E-state index in [0.29, 0.717) is 25.0 Å². The van der Waals surface area contributed by atoms with Gasteiger partial charge < -0.3 is 13.7 Å². The molecule has 0 atom stereocenters. The Morgan fingerprint density at radius 1 is 0.963 bits per heavy atom. The Bertz CT molecular complexity index is 704. The maximum Gasteiger partial charge on any atom is 0.534 e. The average Bonchev–Trinajstić information content (AvgIpc) is 3.13. The Labute approximate surface area is 156 Å². The van der Waals surface area contributed by atoms with Crippen molar-refractivity contribution in [2.24, 2.45) is 5.92 Å². The second-order valence-corrected chi connectivity index (χ2v) is 8.56. The van der Waals surface area contributed by atoms with E-state index in [1.165, 1.54) is 12.1 Å². The third kappa shape index (κ3) is 5.36. The molecule has 1 saturated heterocycles. The van der Waals surface area contributed by atoms with E-state index in [1.807, 2.05) is 0 Å². The van der Waals surface area contributed by atoms with Crippen LogP contribution >= 0.6 is 0 Å². The molecule has 27 heavy (non-hydrogen) atoms. The minimum Gasteiger partial charge on any atom is -0.376 e. The van der Waals surface area contributed by atoms with Crippen LogP contribution in [-0.2, 0) is 19.6 Å². The monoisotopic (exact) mass is 408 g/mol. The summed E-state index contributed by atoms with van der Waals surface area (Å²) in [6.45, 7) is 1.34. The predicted octanol–water partition coefficient (Wildman–Crippen LogP) is 4.34. The fraction of sp³-hybridized carbons (Fsp3) is 0.667. The van der Waals surface area contributed by atoms with Gasteiger partial charge in [-0.3, -0.25) is 0 Å². The molecule has 1 saturated carbocycles. The third-order valence-electron chi connectivity index (χ3n) is 5.19. The Morgan fingerprint density at radius 2 is 1.56 bits per heavy atom. The fourth-order valence-corrected chi connectivity index (χ4v) is 4.16. The molecule has 0 N–H and O–H groups in total. The first-order valence-electron chi connectivity index (χ1n) is 9.08. The van der Waals surface area contributed by atoms with E-state index in [0.717, 1.165) is 44.1 Å². The van der Waals surface area contributed by atoms with Crippen molar-refractivity contribution < 1.29 is 35.2 Å². The van der Waals surface area contributed by atoms with Crippen LogP contribution in [0.2, 0.25) is 0 Å². The molecular weight excluding hydrogens is 385 g/mol. The highest BCUT2D eigenvalue weighted by molar-refractivity contribution is 7.88. The lowest BCUT2D eigenvalue weighted by molar-refractivity contribution is -0.0511. The van der Waals surface area contributed by atoms with Crippen LogP contribution in [0.25, 0.3) is 0 Å². The Kier molecular flexibility index (Phi) is 6.32. The average molecular weight is 408 g/mol. The van der Waals surface area contributed by atoms with Gasteiger partial charge in [0.2, 0.25) is 0 Å². The Balaban J connectivity index is 1.48. The van der Waals surface area contributed by atoms with Gasteiger partial charge in [-0.05, 0) is 68.1 Å². The molecule has 1 aromatic rings. The molecule has 1 aliphatic heterocycles. The maximum atomic E-state index is 12.4. The van der Waals surface area contributed by atoms with Gasteiger partial charge in [0.05, 0.1) is 13.2 Å². The lowest BCUT2D eigenvalue weighted by Crippen LogP contribution is -2.28. The van der Waals surface area contributed by atoms with Crippen LogP contribution in [0.1, 0.15) is 50.0 Å². The first-order valence-corrected chi connectivity index (χ1v) is 10.5. The zero-order chi connectivity index (χ0) is 19.5. The number of alkyl halides is 3. The smallest absolute Gasteiger partial charge is 0.376 e. The van der Waals surface area contributed by atoms with Crippen LogP contribution in [-0.4, -0.2) is 33.4 Å².